The molecular formula is C10H19N2O+. The van der Waals surface area contributed by atoms with Crippen LogP contribution in [0.4, 0.5) is 11.4 Å². The second-order valence-corrected chi connectivity index (χ2v) is 2.73. The lowest BCUT2D eigenvalue weighted by molar-refractivity contribution is -0.830. The molecule has 1 aromatic rings. The molecule has 0 fully saturated rings. The Balaban J connectivity index is 0.000000424. The SMILES string of the molecule is CCC.CO[NH2+]c1cccc(N)c1. The third-order valence-electron chi connectivity index (χ3n) is 1.16. The van der Waals surface area contributed by atoms with Crippen LogP contribution in [0.3, 0.4) is 0 Å². The molecule has 0 bridgehead atoms. The zero-order valence-electron chi connectivity index (χ0n) is 8.58. The van der Waals surface area contributed by atoms with E-state index >= 15 is 0 Å². The lowest BCUT2D eigenvalue weighted by atomic mass is 10.3. The molecule has 3 heteroatoms. The standard InChI is InChI=1S/C7H10N2O.C3H8/c1-10-9-7-4-2-3-6(8)5-7;1-3-2/h2-5,9H,8H2,1H3;3H2,1-2H3/p+1. The number of nitrogens with two attached hydrogens (primary N) is 2. The van der Waals surface area contributed by atoms with E-state index in [0.717, 1.165) is 11.4 Å². The maximum atomic E-state index is 5.51. The lowest BCUT2D eigenvalue weighted by Crippen LogP contribution is -2.75. The largest absolute Gasteiger partial charge is 0.399 e. The highest BCUT2D eigenvalue weighted by molar-refractivity contribution is 5.46. The van der Waals surface area contributed by atoms with Crippen LogP contribution in [0, 0.1) is 0 Å². The van der Waals surface area contributed by atoms with Crippen LogP contribution in [-0.4, -0.2) is 7.11 Å². The fraction of sp³-hybridized carbons (Fsp3) is 0.400. The molecule has 0 saturated carbocycles. The molecule has 1 rings (SSSR count). The third-order valence-corrected chi connectivity index (χ3v) is 1.16. The topological polar surface area (TPSA) is 51.9 Å². The number of anilines is 1. The smallest absolute Gasteiger partial charge is 0.163 e. The molecule has 0 saturated heterocycles. The Hall–Kier alpha value is -1.06. The number of quaternary nitrogens is 1. The quantitative estimate of drug-likeness (QED) is 0.538. The van der Waals surface area contributed by atoms with E-state index in [1.807, 2.05) is 24.3 Å². The zero-order chi connectivity index (χ0) is 10.1. The van der Waals surface area contributed by atoms with E-state index in [1.54, 1.807) is 12.6 Å². The molecular weight excluding hydrogens is 164 g/mol. The van der Waals surface area contributed by atoms with Crippen molar-refractivity contribution in [1.82, 2.24) is 0 Å². The van der Waals surface area contributed by atoms with Crippen molar-refractivity contribution in [2.24, 2.45) is 0 Å². The maximum absolute atomic E-state index is 5.51. The minimum atomic E-state index is 0.755. The molecule has 3 nitrogen and oxygen atoms in total. The van der Waals surface area contributed by atoms with Gasteiger partial charge in [-0.1, -0.05) is 26.3 Å². The van der Waals surface area contributed by atoms with Gasteiger partial charge in [0.05, 0.1) is 7.11 Å². The van der Waals surface area contributed by atoms with Gasteiger partial charge in [-0.25, -0.2) is 4.84 Å². The molecule has 0 unspecified atom stereocenters. The van der Waals surface area contributed by atoms with Gasteiger partial charge in [0.15, 0.2) is 5.69 Å². The Labute approximate surface area is 79.9 Å². The van der Waals surface area contributed by atoms with Crippen molar-refractivity contribution in [2.45, 2.75) is 20.3 Å². The van der Waals surface area contributed by atoms with Gasteiger partial charge in [-0.3, -0.25) is 0 Å². The van der Waals surface area contributed by atoms with Gasteiger partial charge in [-0.15, -0.1) is 0 Å². The van der Waals surface area contributed by atoms with Crippen molar-refractivity contribution in [2.75, 3.05) is 12.8 Å². The Morgan fingerprint density at radius 2 is 2.00 bits per heavy atom. The summed E-state index contributed by atoms with van der Waals surface area (Å²) in [4.78, 5) is 4.80. The predicted octanol–water partition coefficient (Wildman–Crippen LogP) is 1.44. The Bertz CT molecular complexity index is 226. The van der Waals surface area contributed by atoms with Gasteiger partial charge in [0, 0.05) is 17.8 Å². The summed E-state index contributed by atoms with van der Waals surface area (Å²) in [5.41, 5.74) is 8.91. The molecule has 0 heterocycles. The lowest BCUT2D eigenvalue weighted by Gasteiger charge is -1.95. The second-order valence-electron chi connectivity index (χ2n) is 2.73. The monoisotopic (exact) mass is 183 g/mol. The van der Waals surface area contributed by atoms with Crippen LogP contribution in [-0.2, 0) is 4.84 Å². The number of hydrogen-bond acceptors (Lipinski definition) is 2. The Kier molecular flexibility index (Phi) is 6.96. The minimum Gasteiger partial charge on any atom is -0.399 e. The van der Waals surface area contributed by atoms with Crippen LogP contribution < -0.4 is 11.2 Å². The average Bonchev–Trinajstić information content (AvgIpc) is 2.06. The molecule has 4 N–H and O–H groups in total. The molecule has 0 amide bonds. The Morgan fingerprint density at radius 1 is 1.38 bits per heavy atom. The number of hydrogen-bond donors (Lipinski definition) is 2. The maximum Gasteiger partial charge on any atom is 0.163 e. The van der Waals surface area contributed by atoms with Crippen molar-refractivity contribution in [3.8, 4) is 0 Å². The van der Waals surface area contributed by atoms with E-state index in [2.05, 4.69) is 13.8 Å². The molecule has 0 aromatic heterocycles. The van der Waals surface area contributed by atoms with Crippen LogP contribution in [0.2, 0.25) is 0 Å². The highest BCUT2D eigenvalue weighted by atomic mass is 16.6. The van der Waals surface area contributed by atoms with Crippen LogP contribution in [0.5, 0.6) is 0 Å². The number of rotatable bonds is 2. The summed E-state index contributed by atoms with van der Waals surface area (Å²) >= 11 is 0. The zero-order valence-corrected chi connectivity index (χ0v) is 8.58. The minimum absolute atomic E-state index is 0.755. The van der Waals surface area contributed by atoms with E-state index in [1.165, 1.54) is 6.42 Å². The van der Waals surface area contributed by atoms with Gasteiger partial charge in [0.1, 0.15) is 0 Å². The molecule has 0 atom stereocenters. The van der Waals surface area contributed by atoms with E-state index in [0.29, 0.717) is 0 Å². The van der Waals surface area contributed by atoms with E-state index in [9.17, 15) is 0 Å². The van der Waals surface area contributed by atoms with Gasteiger partial charge in [0.25, 0.3) is 0 Å². The molecule has 0 spiro atoms. The van der Waals surface area contributed by atoms with Crippen molar-refractivity contribution in [3.63, 3.8) is 0 Å². The van der Waals surface area contributed by atoms with E-state index in [-0.39, 0.29) is 0 Å². The third kappa shape index (κ3) is 6.13. The average molecular weight is 183 g/mol. The Morgan fingerprint density at radius 3 is 2.46 bits per heavy atom. The summed E-state index contributed by atoms with van der Waals surface area (Å²) in [7, 11) is 1.61. The normalized spacial score (nSPS) is 8.85. The van der Waals surface area contributed by atoms with E-state index in [4.69, 9.17) is 10.6 Å². The molecule has 74 valence electrons. The van der Waals surface area contributed by atoms with Crippen molar-refractivity contribution in [1.29, 1.82) is 0 Å². The van der Waals surface area contributed by atoms with Crippen molar-refractivity contribution < 1.29 is 10.3 Å². The summed E-state index contributed by atoms with van der Waals surface area (Å²) in [6.07, 6.45) is 1.25. The fourth-order valence-electron chi connectivity index (χ4n) is 0.768. The van der Waals surface area contributed by atoms with Gasteiger partial charge < -0.3 is 5.73 Å². The van der Waals surface area contributed by atoms with E-state index < -0.39 is 0 Å². The molecule has 1 aromatic carbocycles. The molecule has 0 aliphatic heterocycles. The second kappa shape index (κ2) is 7.58. The first kappa shape index (κ1) is 11.9. The van der Waals surface area contributed by atoms with Gasteiger partial charge in [0.2, 0.25) is 0 Å². The highest BCUT2D eigenvalue weighted by Gasteiger charge is 1.93. The summed E-state index contributed by atoms with van der Waals surface area (Å²) in [6.45, 7) is 4.25. The van der Waals surface area contributed by atoms with Crippen LogP contribution in [0.15, 0.2) is 24.3 Å². The first-order chi connectivity index (χ1) is 6.24. The first-order valence-electron chi connectivity index (χ1n) is 4.46. The number of nitrogen functional groups attached to an aromatic ring is 1. The summed E-state index contributed by atoms with van der Waals surface area (Å²) < 4.78 is 0. The molecule has 0 radical (unpaired) electrons. The van der Waals surface area contributed by atoms with Crippen LogP contribution in [0.25, 0.3) is 0 Å². The molecule has 0 aliphatic carbocycles. The molecule has 13 heavy (non-hydrogen) atoms. The van der Waals surface area contributed by atoms with Crippen LogP contribution in [0.1, 0.15) is 20.3 Å². The predicted molar refractivity (Wildman–Crippen MR) is 55.4 cm³/mol. The first-order valence-corrected chi connectivity index (χ1v) is 4.46. The number of benzene rings is 1. The van der Waals surface area contributed by atoms with Crippen LogP contribution >= 0.6 is 0 Å². The van der Waals surface area contributed by atoms with Crippen molar-refractivity contribution >= 4 is 11.4 Å². The highest BCUT2D eigenvalue weighted by Crippen LogP contribution is 2.05. The molecule has 0 aliphatic rings. The summed E-state index contributed by atoms with van der Waals surface area (Å²) in [5.74, 6) is 0. The summed E-state index contributed by atoms with van der Waals surface area (Å²) in [6, 6.07) is 7.51. The summed E-state index contributed by atoms with van der Waals surface area (Å²) in [5, 5.41) is 0. The van der Waals surface area contributed by atoms with Gasteiger partial charge in [-0.2, -0.15) is 5.48 Å². The van der Waals surface area contributed by atoms with Crippen molar-refractivity contribution in [3.05, 3.63) is 24.3 Å². The van der Waals surface area contributed by atoms with Gasteiger partial charge in [-0.05, 0) is 6.07 Å². The fourth-order valence-corrected chi connectivity index (χ4v) is 0.768. The van der Waals surface area contributed by atoms with Gasteiger partial charge >= 0.3 is 0 Å².